The molecule has 9 heteroatoms. The Morgan fingerprint density at radius 3 is 2.37 bits per heavy atom. The van der Waals surface area contributed by atoms with E-state index in [-0.39, 0.29) is 10.6 Å². The molecule has 30 heavy (non-hydrogen) atoms. The number of H-pyrrole nitrogens is 1. The van der Waals surface area contributed by atoms with Gasteiger partial charge in [0, 0.05) is 33.7 Å². The molecule has 152 valence electrons. The second-order valence-corrected chi connectivity index (χ2v) is 9.28. The van der Waals surface area contributed by atoms with Crippen LogP contribution in [0.2, 0.25) is 0 Å². The van der Waals surface area contributed by atoms with Gasteiger partial charge in [0.2, 0.25) is 10.0 Å². The van der Waals surface area contributed by atoms with Crippen LogP contribution in [0.1, 0.15) is 17.2 Å². The quantitative estimate of drug-likeness (QED) is 0.299. The smallest absolute Gasteiger partial charge is 0.269 e. The van der Waals surface area contributed by atoms with E-state index in [1.54, 1.807) is 6.20 Å². The van der Waals surface area contributed by atoms with Crippen molar-refractivity contribution in [2.45, 2.75) is 10.9 Å². The third kappa shape index (κ3) is 4.00. The Morgan fingerprint density at radius 2 is 1.70 bits per heavy atom. The minimum atomic E-state index is -3.95. The number of aromatic nitrogens is 1. The lowest BCUT2D eigenvalue weighted by Gasteiger charge is -2.19. The van der Waals surface area contributed by atoms with Gasteiger partial charge in [-0.2, -0.15) is 4.72 Å². The maximum atomic E-state index is 13.1. The van der Waals surface area contributed by atoms with Crippen LogP contribution in [0.5, 0.6) is 0 Å². The molecule has 0 aliphatic rings. The maximum Gasteiger partial charge on any atom is 0.269 e. The summed E-state index contributed by atoms with van der Waals surface area (Å²) >= 11 is 3.47. The summed E-state index contributed by atoms with van der Waals surface area (Å²) in [5.41, 5.74) is 2.24. The van der Waals surface area contributed by atoms with E-state index in [2.05, 4.69) is 25.6 Å². The van der Waals surface area contributed by atoms with Crippen LogP contribution < -0.4 is 4.72 Å². The molecule has 0 amide bonds. The standard InChI is InChI=1S/C21H16BrN3O4S/c22-15-6-11-20-18(12-15)19(13-23-20)21(14-4-2-1-3-5-14)24-30(28,29)17-9-7-16(8-10-17)25(26)27/h1-13,21,23-24H/t21-/m1/s1. The number of hydrogen-bond donors (Lipinski definition) is 2. The van der Waals surface area contributed by atoms with Gasteiger partial charge in [-0.1, -0.05) is 46.3 Å². The number of nitrogens with zero attached hydrogens (tertiary/aromatic N) is 1. The Bertz CT molecular complexity index is 1320. The van der Waals surface area contributed by atoms with Gasteiger partial charge in [0.05, 0.1) is 15.9 Å². The van der Waals surface area contributed by atoms with E-state index in [4.69, 9.17) is 0 Å². The molecule has 7 nitrogen and oxygen atoms in total. The predicted octanol–water partition coefficient (Wildman–Crippen LogP) is 4.91. The van der Waals surface area contributed by atoms with E-state index in [0.717, 1.165) is 26.5 Å². The fourth-order valence-electron chi connectivity index (χ4n) is 3.28. The molecule has 0 spiro atoms. The second-order valence-electron chi connectivity index (χ2n) is 6.65. The number of hydrogen-bond acceptors (Lipinski definition) is 4. The van der Waals surface area contributed by atoms with E-state index in [0.29, 0.717) is 0 Å². The summed E-state index contributed by atoms with van der Waals surface area (Å²) in [6, 6.07) is 19.1. The van der Waals surface area contributed by atoms with E-state index in [1.807, 2.05) is 48.5 Å². The average molecular weight is 486 g/mol. The molecule has 0 aliphatic carbocycles. The lowest BCUT2D eigenvalue weighted by molar-refractivity contribution is -0.384. The summed E-state index contributed by atoms with van der Waals surface area (Å²) in [5, 5.41) is 11.7. The highest BCUT2D eigenvalue weighted by Crippen LogP contribution is 2.32. The van der Waals surface area contributed by atoms with Gasteiger partial charge in [-0.3, -0.25) is 10.1 Å². The molecule has 3 aromatic carbocycles. The van der Waals surface area contributed by atoms with Crippen molar-refractivity contribution < 1.29 is 13.3 Å². The van der Waals surface area contributed by atoms with Crippen molar-refractivity contribution in [1.82, 2.24) is 9.71 Å². The number of benzene rings is 3. The van der Waals surface area contributed by atoms with Crippen molar-refractivity contribution in [3.63, 3.8) is 0 Å². The number of nitro benzene ring substituents is 1. The number of rotatable bonds is 6. The molecular formula is C21H16BrN3O4S. The first-order valence-corrected chi connectivity index (χ1v) is 11.2. The monoisotopic (exact) mass is 485 g/mol. The predicted molar refractivity (Wildman–Crippen MR) is 118 cm³/mol. The number of aromatic amines is 1. The summed E-state index contributed by atoms with van der Waals surface area (Å²) in [6.45, 7) is 0. The Balaban J connectivity index is 1.79. The van der Waals surface area contributed by atoms with Crippen LogP contribution in [0.25, 0.3) is 10.9 Å². The lowest BCUT2D eigenvalue weighted by Crippen LogP contribution is -2.29. The SMILES string of the molecule is O=[N+]([O-])c1ccc(S(=O)(=O)N[C@H](c2ccccc2)c2c[nH]c3ccc(Br)cc23)cc1. The Morgan fingerprint density at radius 1 is 1.00 bits per heavy atom. The molecule has 0 fully saturated rings. The van der Waals surface area contributed by atoms with Gasteiger partial charge in [-0.15, -0.1) is 0 Å². The van der Waals surface area contributed by atoms with Crippen LogP contribution >= 0.6 is 15.9 Å². The Labute approximate surface area is 181 Å². The van der Waals surface area contributed by atoms with Gasteiger partial charge in [0.1, 0.15) is 0 Å². The Hall–Kier alpha value is -3.01. The van der Waals surface area contributed by atoms with Crippen LogP contribution in [0.4, 0.5) is 5.69 Å². The molecule has 0 aliphatic heterocycles. The molecule has 1 atom stereocenters. The molecule has 1 aromatic heterocycles. The molecule has 0 radical (unpaired) electrons. The second kappa shape index (κ2) is 8.02. The molecule has 0 bridgehead atoms. The van der Waals surface area contributed by atoms with Gasteiger partial charge in [0.25, 0.3) is 5.69 Å². The number of sulfonamides is 1. The number of nitro groups is 1. The number of nitrogens with one attached hydrogen (secondary N) is 2. The van der Waals surface area contributed by atoms with Crippen LogP contribution in [0.15, 0.2) is 88.4 Å². The minimum Gasteiger partial charge on any atom is -0.361 e. The molecule has 0 saturated heterocycles. The van der Waals surface area contributed by atoms with Crippen molar-refractivity contribution in [3.8, 4) is 0 Å². The van der Waals surface area contributed by atoms with Gasteiger partial charge in [-0.05, 0) is 41.5 Å². The lowest BCUT2D eigenvalue weighted by atomic mass is 9.99. The fourth-order valence-corrected chi connectivity index (χ4v) is 4.84. The first-order valence-electron chi connectivity index (χ1n) is 8.93. The van der Waals surface area contributed by atoms with Crippen LogP contribution in [0.3, 0.4) is 0 Å². The first-order chi connectivity index (χ1) is 14.3. The normalized spacial score (nSPS) is 12.7. The van der Waals surface area contributed by atoms with Crippen LogP contribution in [-0.4, -0.2) is 18.3 Å². The van der Waals surface area contributed by atoms with E-state index in [9.17, 15) is 18.5 Å². The highest BCUT2D eigenvalue weighted by molar-refractivity contribution is 9.10. The van der Waals surface area contributed by atoms with E-state index >= 15 is 0 Å². The zero-order valence-corrected chi connectivity index (χ0v) is 17.9. The topological polar surface area (TPSA) is 105 Å². The van der Waals surface area contributed by atoms with Crippen molar-refractivity contribution in [3.05, 3.63) is 105 Å². The molecule has 0 unspecified atom stereocenters. The van der Waals surface area contributed by atoms with Gasteiger partial charge >= 0.3 is 0 Å². The summed E-state index contributed by atoms with van der Waals surface area (Å²) in [4.78, 5) is 13.4. The van der Waals surface area contributed by atoms with E-state index < -0.39 is 21.0 Å². The zero-order chi connectivity index (χ0) is 21.3. The number of non-ortho nitro benzene ring substituents is 1. The summed E-state index contributed by atoms with van der Waals surface area (Å²) in [5.74, 6) is 0. The number of halogens is 1. The fraction of sp³-hybridized carbons (Fsp3) is 0.0476. The van der Waals surface area contributed by atoms with Crippen molar-refractivity contribution in [2.75, 3.05) is 0 Å². The average Bonchev–Trinajstić information content (AvgIpc) is 3.15. The van der Waals surface area contributed by atoms with E-state index in [1.165, 1.54) is 24.3 Å². The van der Waals surface area contributed by atoms with Crippen LogP contribution in [-0.2, 0) is 10.0 Å². The molecule has 0 saturated carbocycles. The molecular weight excluding hydrogens is 470 g/mol. The number of fused-ring (bicyclic) bond motifs is 1. The van der Waals surface area contributed by atoms with Gasteiger partial charge in [0.15, 0.2) is 0 Å². The third-order valence-corrected chi connectivity index (χ3v) is 6.68. The largest absolute Gasteiger partial charge is 0.361 e. The molecule has 4 rings (SSSR count). The van der Waals surface area contributed by atoms with Crippen LogP contribution in [0, 0.1) is 10.1 Å². The molecule has 4 aromatic rings. The van der Waals surface area contributed by atoms with Crippen molar-refractivity contribution in [2.24, 2.45) is 0 Å². The van der Waals surface area contributed by atoms with Crippen molar-refractivity contribution in [1.29, 1.82) is 0 Å². The van der Waals surface area contributed by atoms with Crippen molar-refractivity contribution >= 4 is 42.5 Å². The highest BCUT2D eigenvalue weighted by Gasteiger charge is 2.25. The first kappa shape index (κ1) is 20.3. The zero-order valence-electron chi connectivity index (χ0n) is 15.4. The van der Waals surface area contributed by atoms with Gasteiger partial charge < -0.3 is 4.98 Å². The molecule has 1 heterocycles. The summed E-state index contributed by atoms with van der Waals surface area (Å²) in [7, 11) is -3.95. The summed E-state index contributed by atoms with van der Waals surface area (Å²) < 4.78 is 29.8. The Kier molecular flexibility index (Phi) is 5.42. The van der Waals surface area contributed by atoms with Gasteiger partial charge in [-0.25, -0.2) is 8.42 Å². The molecule has 2 N–H and O–H groups in total. The third-order valence-electron chi connectivity index (χ3n) is 4.75. The minimum absolute atomic E-state index is 0.0462. The maximum absolute atomic E-state index is 13.1. The summed E-state index contributed by atoms with van der Waals surface area (Å²) in [6.07, 6.45) is 1.78. The highest BCUT2D eigenvalue weighted by atomic mass is 79.9.